The molecule has 0 saturated heterocycles. The maximum absolute atomic E-state index is 12.8. The van der Waals surface area contributed by atoms with Crippen LogP contribution in [0.15, 0.2) is 109 Å². The largest absolute Gasteiger partial charge is 1.00 e. The van der Waals surface area contributed by atoms with E-state index in [1.165, 1.54) is 24.3 Å². The first-order valence-electron chi connectivity index (χ1n) is 16.7. The first kappa shape index (κ1) is 69.5. The predicted molar refractivity (Wildman–Crippen MR) is 225 cm³/mol. The molecule has 0 bridgehead atoms. The van der Waals surface area contributed by atoms with Gasteiger partial charge in [0.2, 0.25) is 20.8 Å². The van der Waals surface area contributed by atoms with E-state index in [0.29, 0.717) is 44.6 Å². The number of rotatable bonds is 11. The first-order valence-corrected chi connectivity index (χ1v) is 23.8. The zero-order valence-corrected chi connectivity index (χ0v) is 47.0. The van der Waals surface area contributed by atoms with E-state index in [2.05, 4.69) is 51.0 Å². The van der Waals surface area contributed by atoms with Crippen molar-refractivity contribution in [3.05, 3.63) is 110 Å². The number of azo groups is 2. The molecule has 6 N–H and O–H groups in total. The first-order chi connectivity index (χ1) is 29.5. The minimum atomic E-state index is -4.92. The molecule has 0 saturated carbocycles. The fourth-order valence-corrected chi connectivity index (χ4v) is 6.74. The summed E-state index contributed by atoms with van der Waals surface area (Å²) < 4.78 is 140. The van der Waals surface area contributed by atoms with Crippen LogP contribution in [0.5, 0.6) is 11.5 Å². The minimum absolute atomic E-state index is 0. The van der Waals surface area contributed by atoms with Gasteiger partial charge < -0.3 is 43.8 Å². The van der Waals surface area contributed by atoms with E-state index in [1.807, 2.05) is 0 Å². The predicted octanol–water partition coefficient (Wildman–Crippen LogP) is -4.29. The number of fused-ring (bicyclic) bond motifs is 1. The quantitative estimate of drug-likeness (QED) is 0.0240. The van der Waals surface area contributed by atoms with Crippen molar-refractivity contribution in [3.8, 4) is 11.5 Å². The van der Waals surface area contributed by atoms with Crippen LogP contribution >= 0.6 is 0 Å². The van der Waals surface area contributed by atoms with Crippen molar-refractivity contribution in [2.24, 2.45) is 20.5 Å². The third-order valence-electron chi connectivity index (χ3n) is 7.57. The summed E-state index contributed by atoms with van der Waals surface area (Å²) in [7, 11) is -18.5. The fraction of sp³-hybridized carbons (Fsp3) is 0.114. The Morgan fingerprint density at radius 1 is 0.750 bits per heavy atom. The van der Waals surface area contributed by atoms with Crippen molar-refractivity contribution in [2.45, 2.75) is 16.7 Å². The van der Waals surface area contributed by atoms with Gasteiger partial charge in [-0.1, -0.05) is 34.4 Å². The summed E-state index contributed by atoms with van der Waals surface area (Å²) in [6.45, 7) is 8.42. The van der Waals surface area contributed by atoms with E-state index in [0.717, 1.165) is 6.07 Å². The Kier molecular flexibility index (Phi) is 31.5. The molecule has 0 fully saturated rings. The summed E-state index contributed by atoms with van der Waals surface area (Å²) in [6.07, 6.45) is 0. The number of nitrogens with zero attached hydrogens (tertiary/aromatic N) is 4. The van der Waals surface area contributed by atoms with Gasteiger partial charge in [-0.15, -0.1) is 17.7 Å². The van der Waals surface area contributed by atoms with Crippen LogP contribution in [-0.4, -0.2) is 99.2 Å². The van der Waals surface area contributed by atoms with Gasteiger partial charge in [0.05, 0.1) is 21.2 Å². The molecular weight excluding hydrogens is 1090 g/mol. The number of hydrogen-bond donors (Lipinski definition) is 6. The number of carbonyl (C=O) groups excluding carboxylic acids is 1. The number of sulfone groups is 2. The number of hydrogen-bond acceptors (Lipinski definition) is 21. The summed E-state index contributed by atoms with van der Waals surface area (Å²) in [5.41, 5.74) is 2.34. The molecule has 1 amide bonds. The average molecular weight is 1120 g/mol. The molecule has 5 aromatic rings. The molecule has 1 radical (unpaired) electrons. The van der Waals surface area contributed by atoms with Gasteiger partial charge in [0.15, 0.2) is 19.7 Å². The Balaban J connectivity index is -0.00000206. The number of aryl methyl sites for hydroxylation is 1. The van der Waals surface area contributed by atoms with Crippen LogP contribution in [0, 0.1) is 26.8 Å². The topological polar surface area (TPSA) is 405 Å². The van der Waals surface area contributed by atoms with E-state index in [1.54, 1.807) is 62.5 Å². The van der Waals surface area contributed by atoms with Crippen molar-refractivity contribution in [2.75, 3.05) is 29.2 Å². The molecule has 5 aromatic carbocycles. The van der Waals surface area contributed by atoms with Crippen molar-refractivity contribution >= 4 is 102 Å². The maximum atomic E-state index is 12.8. The maximum Gasteiger partial charge on any atom is 1.00 e. The van der Waals surface area contributed by atoms with E-state index in [-0.39, 0.29) is 144 Å². The molecule has 0 aliphatic rings. The third-order valence-corrected chi connectivity index (χ3v) is 10.7. The van der Waals surface area contributed by atoms with Crippen LogP contribution < -0.4 is 99.3 Å². The minimum Gasteiger partial charge on any atom is -0.726 e. The zero-order chi connectivity index (χ0) is 48.8. The summed E-state index contributed by atoms with van der Waals surface area (Å²) in [4.78, 5) is 12.8. The smallest absolute Gasteiger partial charge is 0.726 e. The molecule has 0 atom stereocenters. The van der Waals surface area contributed by atoms with Crippen molar-refractivity contribution in [3.63, 3.8) is 0 Å². The number of carbonyl (C=O) groups is 1. The summed E-state index contributed by atoms with van der Waals surface area (Å²) >= 11 is 0. The zero-order valence-electron chi connectivity index (χ0n) is 36.0. The fourth-order valence-electron chi connectivity index (χ4n) is 4.85. The van der Waals surface area contributed by atoms with Crippen molar-refractivity contribution < 1.29 is 185 Å². The van der Waals surface area contributed by atoms with Crippen LogP contribution in [0.2, 0.25) is 0 Å². The Hall–Kier alpha value is -2.79. The number of phenols is 2. The number of aromatic hydroxyl groups is 2. The molecular formula is C35H33CuN6Na3O18S5-2. The van der Waals surface area contributed by atoms with Gasteiger partial charge in [-0.05, 0) is 67.1 Å². The summed E-state index contributed by atoms with van der Waals surface area (Å²) in [6, 6.07) is 22.4. The second-order valence-electron chi connectivity index (χ2n) is 11.9. The Bertz CT molecular complexity index is 3120. The number of anilines is 2. The van der Waals surface area contributed by atoms with E-state index in [9.17, 15) is 31.8 Å². The van der Waals surface area contributed by atoms with Crippen LogP contribution in [0.3, 0.4) is 0 Å². The van der Waals surface area contributed by atoms with Gasteiger partial charge >= 0.3 is 99.3 Å². The monoisotopic (exact) mass is 1120 g/mol. The van der Waals surface area contributed by atoms with Crippen LogP contribution in [-0.2, 0) is 68.1 Å². The molecule has 0 aliphatic heterocycles. The Labute approximate surface area is 469 Å². The standard InChI is InChI=1S/C35H31N6O7S2.Cu.3Na.2H2O4S.O3S/c1-5-49(45,46)25-9-7-8-24(19-25)37-35(44)22-10-12-23(13-11-22)38-41-33-26-14-17-29(34(43)27(26)15-16-28(33)36-4)39-40-30-18-21(3)32(20-31(30)42)50(47,48)6-2;;;;;2*1-5(2,3)4;1-4(2)3/h7-16,18-20,36,42-43H,1-2,5-6H2,3-4H3,(H,37,44);;;;;2*(H2,1,2,3,4);/q-3;;3*+1;;;/p-2. The summed E-state index contributed by atoms with van der Waals surface area (Å²) in [5.74, 6) is -1.80. The van der Waals surface area contributed by atoms with Crippen LogP contribution in [0.1, 0.15) is 15.9 Å². The average Bonchev–Trinajstić information content (AvgIpc) is 3.19. The SMILES string of the molecule is O=S(=O)([O-])O.O=S(=O)([O-])O.O=S(=O)=O.[CH2-]CS(=O)(=O)c1cccc(NC(=O)c2ccc(N=Nc3c(NC)ccc4c(O)c(N=Nc5cc(C)c(S(=O)(=O)C[CH2-])cc5O)[c-]cc34)cc2)c1.[Cu].[Na+].[Na+].[Na+]. The number of nitrogens with one attached hydrogen (secondary N) is 2. The van der Waals surface area contributed by atoms with E-state index >= 15 is 0 Å². The molecule has 33 heteroatoms. The molecule has 0 aromatic heterocycles. The molecule has 0 spiro atoms. The normalized spacial score (nSPS) is 11.0. The van der Waals surface area contributed by atoms with E-state index in [4.69, 9.17) is 47.7 Å². The molecule has 0 unspecified atom stereocenters. The van der Waals surface area contributed by atoms with Gasteiger partial charge in [0.1, 0.15) is 11.4 Å². The Morgan fingerprint density at radius 3 is 1.78 bits per heavy atom. The third kappa shape index (κ3) is 23.9. The van der Waals surface area contributed by atoms with Crippen LogP contribution in [0.4, 0.5) is 34.1 Å². The van der Waals surface area contributed by atoms with Gasteiger partial charge in [-0.25, -0.2) is 33.7 Å². The van der Waals surface area contributed by atoms with Gasteiger partial charge in [-0.2, -0.15) is 27.5 Å². The van der Waals surface area contributed by atoms with Gasteiger partial charge in [-0.3, -0.25) is 13.9 Å². The molecule has 5 rings (SSSR count). The number of benzene rings is 5. The van der Waals surface area contributed by atoms with Crippen LogP contribution in [0.25, 0.3) is 10.8 Å². The van der Waals surface area contributed by atoms with Gasteiger partial charge in [0.25, 0.3) is 5.91 Å². The molecule has 357 valence electrons. The molecule has 0 aliphatic carbocycles. The molecule has 24 nitrogen and oxygen atoms in total. The second-order valence-corrected chi connectivity index (χ2v) is 18.2. The number of phenolic OH excluding ortho intramolecular Hbond substituents is 2. The molecule has 0 heterocycles. The van der Waals surface area contributed by atoms with E-state index < -0.39 is 62.7 Å². The Morgan fingerprint density at radius 2 is 1.28 bits per heavy atom. The van der Waals surface area contributed by atoms with Crippen molar-refractivity contribution in [1.29, 1.82) is 0 Å². The van der Waals surface area contributed by atoms with Gasteiger partial charge in [0, 0.05) is 58.6 Å². The molecule has 68 heavy (non-hydrogen) atoms. The van der Waals surface area contributed by atoms with Crippen molar-refractivity contribution in [1.82, 2.24) is 0 Å². The summed E-state index contributed by atoms with van der Waals surface area (Å²) in [5, 5.41) is 44.8. The number of amides is 1. The second kappa shape index (κ2) is 30.8.